The Kier molecular flexibility index (Phi) is 5.11. The summed E-state index contributed by atoms with van der Waals surface area (Å²) >= 11 is 0. The van der Waals surface area contributed by atoms with Crippen molar-refractivity contribution in [1.82, 2.24) is 10.2 Å². The third kappa shape index (κ3) is 4.37. The van der Waals surface area contributed by atoms with Crippen molar-refractivity contribution in [2.24, 2.45) is 0 Å². The largest absolute Gasteiger partial charge is 0.379 e. The van der Waals surface area contributed by atoms with Crippen LogP contribution in [0.25, 0.3) is 0 Å². The van der Waals surface area contributed by atoms with Gasteiger partial charge in [-0.15, -0.1) is 0 Å². The number of hydrogen-bond donors (Lipinski definition) is 1. The minimum Gasteiger partial charge on any atom is -0.379 e. The fourth-order valence-corrected chi connectivity index (χ4v) is 2.13. The van der Waals surface area contributed by atoms with Crippen molar-refractivity contribution in [2.45, 2.75) is 19.5 Å². The summed E-state index contributed by atoms with van der Waals surface area (Å²) < 4.78 is 18.1. The number of hydrogen-bond acceptors (Lipinski definition) is 3. The number of benzene rings is 1. The van der Waals surface area contributed by atoms with Crippen molar-refractivity contribution >= 4 is 0 Å². The first kappa shape index (κ1) is 13.5. The van der Waals surface area contributed by atoms with Crippen molar-refractivity contribution in [2.75, 3.05) is 32.8 Å². The third-order valence-corrected chi connectivity index (χ3v) is 3.20. The van der Waals surface area contributed by atoms with E-state index >= 15 is 0 Å². The summed E-state index contributed by atoms with van der Waals surface area (Å²) in [6, 6.07) is 7.08. The molecule has 0 bridgehead atoms. The summed E-state index contributed by atoms with van der Waals surface area (Å²) in [4.78, 5) is 2.41. The summed E-state index contributed by atoms with van der Waals surface area (Å²) in [6.07, 6.45) is 0. The molecule has 3 nitrogen and oxygen atoms in total. The van der Waals surface area contributed by atoms with Crippen molar-refractivity contribution in [3.05, 3.63) is 35.6 Å². The average Bonchev–Trinajstić information content (AvgIpc) is 2.39. The molecule has 0 saturated carbocycles. The maximum Gasteiger partial charge on any atom is 0.123 e. The van der Waals surface area contributed by atoms with Crippen LogP contribution in [-0.2, 0) is 11.3 Å². The molecule has 0 spiro atoms. The second kappa shape index (κ2) is 6.83. The van der Waals surface area contributed by atoms with Gasteiger partial charge in [-0.25, -0.2) is 4.39 Å². The molecule has 1 atom stereocenters. The first-order valence-corrected chi connectivity index (χ1v) is 6.52. The second-order valence-electron chi connectivity index (χ2n) is 4.82. The normalized spacial score (nSPS) is 18.8. The van der Waals surface area contributed by atoms with Gasteiger partial charge in [-0.1, -0.05) is 12.1 Å². The lowest BCUT2D eigenvalue weighted by Gasteiger charge is -2.29. The average molecular weight is 252 g/mol. The summed E-state index contributed by atoms with van der Waals surface area (Å²) in [6.45, 7) is 7.70. The van der Waals surface area contributed by atoms with Gasteiger partial charge in [-0.2, -0.15) is 0 Å². The standard InChI is InChI=1S/C14H21FN2O/c1-12(11-17-6-8-18-9-7-17)16-10-13-2-4-14(15)5-3-13/h2-5,12,16H,6-11H2,1H3/t12-/m0/s1. The van der Waals surface area contributed by atoms with E-state index in [0.717, 1.165) is 45.0 Å². The number of halogens is 1. The van der Waals surface area contributed by atoms with Crippen LogP contribution in [0, 0.1) is 5.82 Å². The summed E-state index contributed by atoms with van der Waals surface area (Å²) in [7, 11) is 0. The van der Waals surface area contributed by atoms with Crippen LogP contribution in [0.1, 0.15) is 12.5 Å². The van der Waals surface area contributed by atoms with Crippen molar-refractivity contribution in [3.63, 3.8) is 0 Å². The van der Waals surface area contributed by atoms with Gasteiger partial charge < -0.3 is 10.1 Å². The first-order valence-electron chi connectivity index (χ1n) is 6.52. The molecule has 0 amide bonds. The molecule has 1 fully saturated rings. The molecule has 4 heteroatoms. The van der Waals surface area contributed by atoms with Crippen LogP contribution >= 0.6 is 0 Å². The Morgan fingerprint density at radius 1 is 1.28 bits per heavy atom. The Morgan fingerprint density at radius 3 is 2.61 bits per heavy atom. The molecule has 0 radical (unpaired) electrons. The minimum atomic E-state index is -0.180. The highest BCUT2D eigenvalue weighted by Crippen LogP contribution is 2.03. The van der Waals surface area contributed by atoms with E-state index in [-0.39, 0.29) is 5.82 Å². The molecule has 1 saturated heterocycles. The zero-order chi connectivity index (χ0) is 12.8. The van der Waals surface area contributed by atoms with E-state index in [1.165, 1.54) is 12.1 Å². The molecule has 100 valence electrons. The predicted octanol–water partition coefficient (Wildman–Crippen LogP) is 1.64. The van der Waals surface area contributed by atoms with Gasteiger partial charge in [-0.3, -0.25) is 4.90 Å². The Bertz CT molecular complexity index is 349. The van der Waals surface area contributed by atoms with Gasteiger partial charge in [0.2, 0.25) is 0 Å². The van der Waals surface area contributed by atoms with E-state index in [4.69, 9.17) is 4.74 Å². The van der Waals surface area contributed by atoms with E-state index < -0.39 is 0 Å². The van der Waals surface area contributed by atoms with Crippen LogP contribution in [0.3, 0.4) is 0 Å². The Morgan fingerprint density at radius 2 is 1.94 bits per heavy atom. The molecule has 1 aromatic rings. The number of nitrogens with zero attached hydrogens (tertiary/aromatic N) is 1. The van der Waals surface area contributed by atoms with Gasteiger partial charge in [-0.05, 0) is 24.6 Å². The SMILES string of the molecule is C[C@@H](CN1CCOCC1)NCc1ccc(F)cc1. The molecule has 1 aliphatic rings. The van der Waals surface area contributed by atoms with Crippen LogP contribution in [0.4, 0.5) is 4.39 Å². The van der Waals surface area contributed by atoms with Gasteiger partial charge in [0.1, 0.15) is 5.82 Å². The maximum absolute atomic E-state index is 12.8. The minimum absolute atomic E-state index is 0.180. The zero-order valence-electron chi connectivity index (χ0n) is 10.9. The van der Waals surface area contributed by atoms with E-state index in [1.807, 2.05) is 12.1 Å². The fourth-order valence-electron chi connectivity index (χ4n) is 2.13. The molecule has 1 heterocycles. The van der Waals surface area contributed by atoms with E-state index in [2.05, 4.69) is 17.1 Å². The highest BCUT2D eigenvalue weighted by Gasteiger charge is 2.13. The smallest absolute Gasteiger partial charge is 0.123 e. The monoisotopic (exact) mass is 252 g/mol. The summed E-state index contributed by atoms with van der Waals surface area (Å²) in [5, 5.41) is 3.46. The molecule has 18 heavy (non-hydrogen) atoms. The van der Waals surface area contributed by atoms with Crippen LogP contribution in [-0.4, -0.2) is 43.8 Å². The van der Waals surface area contributed by atoms with Gasteiger partial charge in [0.05, 0.1) is 13.2 Å². The van der Waals surface area contributed by atoms with E-state index in [9.17, 15) is 4.39 Å². The van der Waals surface area contributed by atoms with Gasteiger partial charge >= 0.3 is 0 Å². The topological polar surface area (TPSA) is 24.5 Å². The zero-order valence-corrected chi connectivity index (χ0v) is 10.9. The van der Waals surface area contributed by atoms with Gasteiger partial charge in [0.15, 0.2) is 0 Å². The lowest BCUT2D eigenvalue weighted by atomic mass is 10.2. The first-order chi connectivity index (χ1) is 8.74. The van der Waals surface area contributed by atoms with Crippen molar-refractivity contribution < 1.29 is 9.13 Å². The van der Waals surface area contributed by atoms with Crippen LogP contribution in [0.2, 0.25) is 0 Å². The quantitative estimate of drug-likeness (QED) is 0.862. The molecule has 1 aromatic carbocycles. The maximum atomic E-state index is 12.8. The van der Waals surface area contributed by atoms with Crippen LogP contribution in [0.15, 0.2) is 24.3 Å². The predicted molar refractivity (Wildman–Crippen MR) is 70.0 cm³/mol. The lowest BCUT2D eigenvalue weighted by Crippen LogP contribution is -2.44. The molecule has 0 aliphatic carbocycles. The van der Waals surface area contributed by atoms with E-state index in [1.54, 1.807) is 0 Å². The number of rotatable bonds is 5. The molecular weight excluding hydrogens is 231 g/mol. The van der Waals surface area contributed by atoms with Crippen LogP contribution in [0.5, 0.6) is 0 Å². The number of morpholine rings is 1. The van der Waals surface area contributed by atoms with Crippen molar-refractivity contribution in [3.8, 4) is 0 Å². The third-order valence-electron chi connectivity index (χ3n) is 3.20. The number of ether oxygens (including phenoxy) is 1. The summed E-state index contributed by atoms with van der Waals surface area (Å²) in [5.74, 6) is -0.180. The Labute approximate surface area is 108 Å². The Balaban J connectivity index is 1.70. The van der Waals surface area contributed by atoms with Crippen LogP contribution < -0.4 is 5.32 Å². The van der Waals surface area contributed by atoms with E-state index in [0.29, 0.717) is 6.04 Å². The van der Waals surface area contributed by atoms with Gasteiger partial charge in [0, 0.05) is 32.2 Å². The van der Waals surface area contributed by atoms with Gasteiger partial charge in [0.25, 0.3) is 0 Å². The molecular formula is C14H21FN2O. The molecule has 2 rings (SSSR count). The fraction of sp³-hybridized carbons (Fsp3) is 0.571. The number of nitrogens with one attached hydrogen (secondary N) is 1. The molecule has 1 N–H and O–H groups in total. The molecule has 1 aliphatic heterocycles. The lowest BCUT2D eigenvalue weighted by molar-refractivity contribution is 0.0343. The highest BCUT2D eigenvalue weighted by molar-refractivity contribution is 5.15. The highest BCUT2D eigenvalue weighted by atomic mass is 19.1. The summed E-state index contributed by atoms with van der Waals surface area (Å²) in [5.41, 5.74) is 1.12. The molecule has 0 unspecified atom stereocenters. The molecule has 0 aromatic heterocycles. The second-order valence-corrected chi connectivity index (χ2v) is 4.82. The van der Waals surface area contributed by atoms with Crippen molar-refractivity contribution in [1.29, 1.82) is 0 Å². The Hall–Kier alpha value is -0.970.